The van der Waals surface area contributed by atoms with Crippen LogP contribution < -0.4 is 19.1 Å². The van der Waals surface area contributed by atoms with Gasteiger partial charge in [-0.05, 0) is 30.7 Å². The molecule has 2 aromatic rings. The number of amides is 2. The lowest BCUT2D eigenvalue weighted by molar-refractivity contribution is -0.137. The van der Waals surface area contributed by atoms with Crippen molar-refractivity contribution in [2.45, 2.75) is 25.7 Å². The minimum Gasteiger partial charge on any atom is -0.493 e. The fourth-order valence-electron chi connectivity index (χ4n) is 4.91. The molecule has 7 nitrogen and oxygen atoms in total. The van der Waals surface area contributed by atoms with Crippen molar-refractivity contribution in [2.24, 2.45) is 11.8 Å². The fourth-order valence-corrected chi connectivity index (χ4v) is 4.91. The number of likely N-dealkylation sites (tertiary alicyclic amines) is 1. The van der Waals surface area contributed by atoms with Gasteiger partial charge in [0.2, 0.25) is 17.6 Å². The Hall–Kier alpha value is -3.22. The molecule has 1 atom stereocenters. The molecule has 0 unspecified atom stereocenters. The lowest BCUT2D eigenvalue weighted by Gasteiger charge is -2.33. The molecule has 2 heterocycles. The van der Waals surface area contributed by atoms with Gasteiger partial charge in [0.1, 0.15) is 0 Å². The molecule has 176 valence electrons. The van der Waals surface area contributed by atoms with Crippen molar-refractivity contribution in [1.29, 1.82) is 0 Å². The van der Waals surface area contributed by atoms with Crippen LogP contribution in [0.3, 0.4) is 0 Å². The van der Waals surface area contributed by atoms with Crippen molar-refractivity contribution in [3.05, 3.63) is 48.0 Å². The van der Waals surface area contributed by atoms with Crippen molar-refractivity contribution in [1.82, 2.24) is 4.90 Å². The number of methoxy groups -OCH3 is 3. The van der Waals surface area contributed by atoms with Gasteiger partial charge in [0.25, 0.3) is 0 Å². The summed E-state index contributed by atoms with van der Waals surface area (Å²) >= 11 is 0. The Balaban J connectivity index is 1.39. The van der Waals surface area contributed by atoms with Crippen LogP contribution in [0.5, 0.6) is 17.2 Å². The van der Waals surface area contributed by atoms with Crippen molar-refractivity contribution in [2.75, 3.05) is 45.9 Å². The smallest absolute Gasteiger partial charge is 0.228 e. The zero-order chi connectivity index (χ0) is 23.4. The zero-order valence-electron chi connectivity index (χ0n) is 19.6. The van der Waals surface area contributed by atoms with E-state index in [1.807, 2.05) is 11.0 Å². The predicted octanol–water partition coefficient (Wildman–Crippen LogP) is 3.55. The van der Waals surface area contributed by atoms with Gasteiger partial charge in [0.05, 0.1) is 32.9 Å². The molecule has 33 heavy (non-hydrogen) atoms. The van der Waals surface area contributed by atoms with E-state index in [0.717, 1.165) is 32.4 Å². The summed E-state index contributed by atoms with van der Waals surface area (Å²) in [6.07, 6.45) is 3.27. The molecule has 2 amide bonds. The van der Waals surface area contributed by atoms with Gasteiger partial charge in [0.15, 0.2) is 11.5 Å². The Morgan fingerprint density at radius 3 is 2.18 bits per heavy atom. The van der Waals surface area contributed by atoms with E-state index in [1.165, 1.54) is 5.56 Å². The number of piperidine rings is 1. The van der Waals surface area contributed by atoms with E-state index < -0.39 is 0 Å². The lowest BCUT2D eigenvalue weighted by atomic mass is 9.89. The molecule has 0 aliphatic carbocycles. The van der Waals surface area contributed by atoms with Crippen LogP contribution in [0.4, 0.5) is 5.69 Å². The molecule has 4 rings (SSSR count). The molecule has 7 heteroatoms. The summed E-state index contributed by atoms with van der Waals surface area (Å²) in [5.41, 5.74) is 2.00. The summed E-state index contributed by atoms with van der Waals surface area (Å²) in [6.45, 7) is 1.87. The van der Waals surface area contributed by atoms with E-state index in [0.29, 0.717) is 35.4 Å². The third-order valence-corrected chi connectivity index (χ3v) is 6.73. The summed E-state index contributed by atoms with van der Waals surface area (Å²) in [6, 6.07) is 14.0. The number of hydrogen-bond donors (Lipinski definition) is 0. The molecule has 2 aliphatic heterocycles. The highest BCUT2D eigenvalue weighted by molar-refractivity contribution is 6.00. The van der Waals surface area contributed by atoms with Crippen molar-refractivity contribution >= 4 is 17.5 Å². The predicted molar refractivity (Wildman–Crippen MR) is 126 cm³/mol. The SMILES string of the molecule is COc1cc(N2C[C@H](C(=O)N3CCC(Cc4ccccc4)CC3)CC2=O)cc(OC)c1OC. The number of carbonyl (C=O) groups excluding carboxylic acids is 2. The van der Waals surface area contributed by atoms with Crippen LogP contribution in [0.2, 0.25) is 0 Å². The van der Waals surface area contributed by atoms with Crippen molar-refractivity contribution in [3.8, 4) is 17.2 Å². The Morgan fingerprint density at radius 2 is 1.61 bits per heavy atom. The number of benzene rings is 2. The molecule has 2 saturated heterocycles. The van der Waals surface area contributed by atoms with Crippen LogP contribution in [0.25, 0.3) is 0 Å². The second-order valence-corrected chi connectivity index (χ2v) is 8.75. The number of ether oxygens (including phenoxy) is 3. The minimum atomic E-state index is -0.331. The summed E-state index contributed by atoms with van der Waals surface area (Å²) < 4.78 is 16.2. The second kappa shape index (κ2) is 10.1. The Bertz CT molecular complexity index is 960. The zero-order valence-corrected chi connectivity index (χ0v) is 19.6. The highest BCUT2D eigenvalue weighted by atomic mass is 16.5. The number of rotatable bonds is 7. The largest absolute Gasteiger partial charge is 0.493 e. The van der Waals surface area contributed by atoms with Gasteiger partial charge in [-0.3, -0.25) is 9.59 Å². The van der Waals surface area contributed by atoms with Gasteiger partial charge in [0, 0.05) is 38.2 Å². The standard InChI is InChI=1S/C26H32N2O5/c1-31-22-15-21(16-23(32-2)25(22)33-3)28-17-20(14-24(28)29)26(30)27-11-9-19(10-12-27)13-18-7-5-4-6-8-18/h4-8,15-16,19-20H,9-14,17H2,1-3H3/t20-/m1/s1. The molecule has 0 N–H and O–H groups in total. The van der Waals surface area contributed by atoms with Gasteiger partial charge < -0.3 is 24.0 Å². The molecular weight excluding hydrogens is 420 g/mol. The maximum absolute atomic E-state index is 13.2. The van der Waals surface area contributed by atoms with Crippen LogP contribution in [0, 0.1) is 11.8 Å². The van der Waals surface area contributed by atoms with Crippen LogP contribution in [-0.2, 0) is 16.0 Å². The summed E-state index contributed by atoms with van der Waals surface area (Å²) in [7, 11) is 4.63. The second-order valence-electron chi connectivity index (χ2n) is 8.75. The summed E-state index contributed by atoms with van der Waals surface area (Å²) in [5, 5.41) is 0. The van der Waals surface area contributed by atoms with Crippen LogP contribution in [0.15, 0.2) is 42.5 Å². The van der Waals surface area contributed by atoms with Gasteiger partial charge in [-0.25, -0.2) is 0 Å². The first-order valence-corrected chi connectivity index (χ1v) is 11.5. The quantitative estimate of drug-likeness (QED) is 0.643. The number of anilines is 1. The Morgan fingerprint density at radius 1 is 0.970 bits per heavy atom. The average Bonchev–Trinajstić information content (AvgIpc) is 3.25. The molecule has 0 saturated carbocycles. The summed E-state index contributed by atoms with van der Waals surface area (Å²) in [4.78, 5) is 29.6. The van der Waals surface area contributed by atoms with Crippen LogP contribution in [-0.4, -0.2) is 57.7 Å². The first kappa shape index (κ1) is 23.0. The topological polar surface area (TPSA) is 68.3 Å². The summed E-state index contributed by atoms with van der Waals surface area (Å²) in [5.74, 6) is 1.71. The average molecular weight is 453 g/mol. The van der Waals surface area contributed by atoms with E-state index in [-0.39, 0.29) is 24.2 Å². The maximum atomic E-state index is 13.2. The van der Waals surface area contributed by atoms with Crippen molar-refractivity contribution in [3.63, 3.8) is 0 Å². The van der Waals surface area contributed by atoms with E-state index in [9.17, 15) is 9.59 Å². The molecule has 0 spiro atoms. The number of carbonyl (C=O) groups is 2. The van der Waals surface area contributed by atoms with Gasteiger partial charge >= 0.3 is 0 Å². The highest BCUT2D eigenvalue weighted by Gasteiger charge is 2.38. The molecule has 2 fully saturated rings. The fraction of sp³-hybridized carbons (Fsp3) is 0.462. The molecule has 0 radical (unpaired) electrons. The lowest BCUT2D eigenvalue weighted by Crippen LogP contribution is -2.42. The molecule has 0 bridgehead atoms. The Labute approximate surface area is 195 Å². The van der Waals surface area contributed by atoms with Gasteiger partial charge in [-0.15, -0.1) is 0 Å². The number of nitrogens with zero attached hydrogens (tertiary/aromatic N) is 2. The van der Waals surface area contributed by atoms with Crippen LogP contribution >= 0.6 is 0 Å². The van der Waals surface area contributed by atoms with Crippen molar-refractivity contribution < 1.29 is 23.8 Å². The van der Waals surface area contributed by atoms with E-state index in [1.54, 1.807) is 38.4 Å². The van der Waals surface area contributed by atoms with Crippen LogP contribution in [0.1, 0.15) is 24.8 Å². The van der Waals surface area contributed by atoms with E-state index in [2.05, 4.69) is 24.3 Å². The normalized spacial score (nSPS) is 19.0. The first-order chi connectivity index (χ1) is 16.0. The third-order valence-electron chi connectivity index (χ3n) is 6.73. The molecule has 2 aliphatic rings. The van der Waals surface area contributed by atoms with E-state index >= 15 is 0 Å². The monoisotopic (exact) mass is 452 g/mol. The highest BCUT2D eigenvalue weighted by Crippen LogP contribution is 2.42. The molecule has 0 aromatic heterocycles. The number of hydrogen-bond acceptors (Lipinski definition) is 5. The Kier molecular flexibility index (Phi) is 7.06. The first-order valence-electron chi connectivity index (χ1n) is 11.5. The molecule has 2 aromatic carbocycles. The third kappa shape index (κ3) is 4.92. The minimum absolute atomic E-state index is 0.0680. The van der Waals surface area contributed by atoms with Gasteiger partial charge in [-0.2, -0.15) is 0 Å². The van der Waals surface area contributed by atoms with Gasteiger partial charge in [-0.1, -0.05) is 30.3 Å². The molecular formula is C26H32N2O5. The van der Waals surface area contributed by atoms with E-state index in [4.69, 9.17) is 14.2 Å². The maximum Gasteiger partial charge on any atom is 0.228 e.